The summed E-state index contributed by atoms with van der Waals surface area (Å²) in [4.78, 5) is 4.21. The molecule has 1 aromatic rings. The van der Waals surface area contributed by atoms with E-state index < -0.39 is 0 Å². The maximum absolute atomic E-state index is 6.17. The molecular formula is C15H25N3. The smallest absolute Gasteiger partial charge is 0.0305 e. The molecule has 1 aliphatic carbocycles. The highest BCUT2D eigenvalue weighted by Crippen LogP contribution is 2.23. The van der Waals surface area contributed by atoms with Gasteiger partial charge in [0.15, 0.2) is 0 Å². The Labute approximate surface area is 110 Å². The van der Waals surface area contributed by atoms with E-state index in [4.69, 9.17) is 5.73 Å². The van der Waals surface area contributed by atoms with Crippen molar-refractivity contribution >= 4 is 0 Å². The Bertz CT molecular complexity index is 361. The number of rotatable bonds is 4. The molecule has 2 atom stereocenters. The normalized spacial score (nSPS) is 25.1. The molecule has 100 valence electrons. The van der Waals surface area contributed by atoms with E-state index in [0.29, 0.717) is 12.1 Å². The number of nitrogens with zero attached hydrogens (tertiary/aromatic N) is 1. The summed E-state index contributed by atoms with van der Waals surface area (Å²) in [5, 5.41) is 3.66. The van der Waals surface area contributed by atoms with Crippen LogP contribution in [0.2, 0.25) is 0 Å². The summed E-state index contributed by atoms with van der Waals surface area (Å²) in [6, 6.07) is 4.96. The lowest BCUT2D eigenvalue weighted by Crippen LogP contribution is -2.50. The Morgan fingerprint density at radius 3 is 2.83 bits per heavy atom. The van der Waals surface area contributed by atoms with E-state index in [-0.39, 0.29) is 5.41 Å². The fraction of sp³-hybridized carbons (Fsp3) is 0.667. The van der Waals surface area contributed by atoms with E-state index >= 15 is 0 Å². The summed E-state index contributed by atoms with van der Waals surface area (Å²) < 4.78 is 0. The van der Waals surface area contributed by atoms with E-state index in [0.717, 1.165) is 13.0 Å². The summed E-state index contributed by atoms with van der Waals surface area (Å²) in [5.41, 5.74) is 7.55. The highest BCUT2D eigenvalue weighted by atomic mass is 15.0. The van der Waals surface area contributed by atoms with Crippen LogP contribution >= 0.6 is 0 Å². The van der Waals surface area contributed by atoms with E-state index in [1.165, 1.54) is 24.8 Å². The van der Waals surface area contributed by atoms with E-state index in [2.05, 4.69) is 30.2 Å². The molecule has 1 heterocycles. The van der Waals surface area contributed by atoms with Crippen LogP contribution in [0.4, 0.5) is 0 Å². The Morgan fingerprint density at radius 1 is 1.39 bits per heavy atom. The van der Waals surface area contributed by atoms with Gasteiger partial charge >= 0.3 is 0 Å². The van der Waals surface area contributed by atoms with E-state index in [9.17, 15) is 0 Å². The third-order valence-electron chi connectivity index (χ3n) is 4.07. The van der Waals surface area contributed by atoms with Gasteiger partial charge in [-0.1, -0.05) is 32.8 Å². The van der Waals surface area contributed by atoms with E-state index in [1.807, 2.05) is 18.5 Å². The average Bonchev–Trinajstić information content (AvgIpc) is 2.39. The minimum absolute atomic E-state index is 0.103. The molecule has 3 heteroatoms. The fourth-order valence-corrected chi connectivity index (χ4v) is 2.66. The van der Waals surface area contributed by atoms with Crippen LogP contribution < -0.4 is 11.1 Å². The van der Waals surface area contributed by atoms with Gasteiger partial charge in [0.05, 0.1) is 0 Å². The lowest BCUT2D eigenvalue weighted by atomic mass is 9.84. The van der Waals surface area contributed by atoms with Crippen molar-refractivity contribution in [1.82, 2.24) is 10.3 Å². The summed E-state index contributed by atoms with van der Waals surface area (Å²) in [6.45, 7) is 5.47. The van der Waals surface area contributed by atoms with Crippen LogP contribution in [-0.4, -0.2) is 23.6 Å². The quantitative estimate of drug-likeness (QED) is 0.857. The van der Waals surface area contributed by atoms with Crippen molar-refractivity contribution in [3.63, 3.8) is 0 Å². The molecule has 2 rings (SSSR count). The van der Waals surface area contributed by atoms with Crippen LogP contribution in [0.5, 0.6) is 0 Å². The lowest BCUT2D eigenvalue weighted by Gasteiger charge is -2.33. The number of aromatic nitrogens is 1. The second-order valence-corrected chi connectivity index (χ2v) is 6.06. The third kappa shape index (κ3) is 3.30. The zero-order valence-electron chi connectivity index (χ0n) is 11.5. The van der Waals surface area contributed by atoms with Crippen LogP contribution in [0.3, 0.4) is 0 Å². The topological polar surface area (TPSA) is 50.9 Å². The molecule has 3 nitrogen and oxygen atoms in total. The number of hydrogen-bond donors (Lipinski definition) is 2. The molecule has 2 unspecified atom stereocenters. The molecule has 0 amide bonds. The molecular weight excluding hydrogens is 222 g/mol. The second-order valence-electron chi connectivity index (χ2n) is 6.06. The van der Waals surface area contributed by atoms with Crippen molar-refractivity contribution in [1.29, 1.82) is 0 Å². The summed E-state index contributed by atoms with van der Waals surface area (Å²) in [6.07, 6.45) is 8.74. The maximum Gasteiger partial charge on any atom is 0.0305 e. The van der Waals surface area contributed by atoms with Gasteiger partial charge in [0.1, 0.15) is 0 Å². The van der Waals surface area contributed by atoms with Gasteiger partial charge in [0, 0.05) is 36.4 Å². The SMILES string of the molecule is CC(C)(CNC1CCCCC1N)c1cccnc1. The van der Waals surface area contributed by atoms with Crippen molar-refractivity contribution < 1.29 is 0 Å². The van der Waals surface area contributed by atoms with Gasteiger partial charge in [-0.2, -0.15) is 0 Å². The number of hydrogen-bond acceptors (Lipinski definition) is 3. The van der Waals surface area contributed by atoms with E-state index in [1.54, 1.807) is 0 Å². The number of pyridine rings is 1. The predicted molar refractivity (Wildman–Crippen MR) is 75.5 cm³/mol. The summed E-state index contributed by atoms with van der Waals surface area (Å²) in [5.74, 6) is 0. The highest BCUT2D eigenvalue weighted by molar-refractivity contribution is 5.20. The molecule has 3 N–H and O–H groups in total. The molecule has 1 fully saturated rings. The van der Waals surface area contributed by atoms with Crippen molar-refractivity contribution in [2.24, 2.45) is 5.73 Å². The maximum atomic E-state index is 6.17. The minimum Gasteiger partial charge on any atom is -0.326 e. The second kappa shape index (κ2) is 5.81. The molecule has 0 spiro atoms. The zero-order valence-corrected chi connectivity index (χ0v) is 11.5. The number of nitrogens with two attached hydrogens (primary N) is 1. The first kappa shape index (κ1) is 13.5. The van der Waals surface area contributed by atoms with Gasteiger partial charge in [0.2, 0.25) is 0 Å². The first-order chi connectivity index (χ1) is 8.59. The minimum atomic E-state index is 0.103. The molecule has 0 bridgehead atoms. The van der Waals surface area contributed by atoms with Crippen molar-refractivity contribution in [2.45, 2.75) is 57.0 Å². The average molecular weight is 247 g/mol. The summed E-state index contributed by atoms with van der Waals surface area (Å²) in [7, 11) is 0. The van der Waals surface area contributed by atoms with Crippen LogP contribution in [0, 0.1) is 0 Å². The Balaban J connectivity index is 1.92. The number of nitrogens with one attached hydrogen (secondary N) is 1. The molecule has 1 aromatic heterocycles. The van der Waals surface area contributed by atoms with Crippen molar-refractivity contribution in [3.05, 3.63) is 30.1 Å². The lowest BCUT2D eigenvalue weighted by molar-refractivity contribution is 0.306. The van der Waals surface area contributed by atoms with Gasteiger partial charge < -0.3 is 11.1 Å². The van der Waals surface area contributed by atoms with Gasteiger partial charge in [-0.15, -0.1) is 0 Å². The van der Waals surface area contributed by atoms with Gasteiger partial charge in [-0.3, -0.25) is 4.98 Å². The Kier molecular flexibility index (Phi) is 4.36. The third-order valence-corrected chi connectivity index (χ3v) is 4.07. The van der Waals surface area contributed by atoms with Crippen LogP contribution in [0.1, 0.15) is 45.1 Å². The van der Waals surface area contributed by atoms with Crippen molar-refractivity contribution in [2.75, 3.05) is 6.54 Å². The molecule has 0 aliphatic heterocycles. The van der Waals surface area contributed by atoms with Gasteiger partial charge in [-0.05, 0) is 24.5 Å². The monoisotopic (exact) mass is 247 g/mol. The van der Waals surface area contributed by atoms with Gasteiger partial charge in [-0.25, -0.2) is 0 Å². The van der Waals surface area contributed by atoms with Crippen LogP contribution in [-0.2, 0) is 5.41 Å². The fourth-order valence-electron chi connectivity index (χ4n) is 2.66. The largest absolute Gasteiger partial charge is 0.326 e. The highest BCUT2D eigenvalue weighted by Gasteiger charge is 2.26. The first-order valence-corrected chi connectivity index (χ1v) is 6.99. The van der Waals surface area contributed by atoms with Crippen LogP contribution in [0.25, 0.3) is 0 Å². The van der Waals surface area contributed by atoms with Crippen molar-refractivity contribution in [3.8, 4) is 0 Å². The molecule has 0 radical (unpaired) electrons. The standard InChI is InChI=1S/C15H25N3/c1-15(2,12-6-5-9-17-10-12)11-18-14-8-4-3-7-13(14)16/h5-6,9-10,13-14,18H,3-4,7-8,11,16H2,1-2H3. The summed E-state index contributed by atoms with van der Waals surface area (Å²) >= 11 is 0. The first-order valence-electron chi connectivity index (χ1n) is 6.99. The molecule has 1 saturated carbocycles. The molecule has 18 heavy (non-hydrogen) atoms. The Hall–Kier alpha value is -0.930. The van der Waals surface area contributed by atoms with Crippen LogP contribution in [0.15, 0.2) is 24.5 Å². The predicted octanol–water partition coefficient (Wildman–Crippen LogP) is 2.22. The Morgan fingerprint density at radius 2 is 2.17 bits per heavy atom. The zero-order chi connectivity index (χ0) is 13.0. The molecule has 0 aromatic carbocycles. The molecule has 0 saturated heterocycles. The van der Waals surface area contributed by atoms with Gasteiger partial charge in [0.25, 0.3) is 0 Å². The molecule has 1 aliphatic rings.